The minimum absolute atomic E-state index is 0.0618. The van der Waals surface area contributed by atoms with Crippen LogP contribution < -0.4 is 10.6 Å². The molecule has 33 heavy (non-hydrogen) atoms. The van der Waals surface area contributed by atoms with Crippen LogP contribution >= 0.6 is 0 Å². The number of benzene rings is 2. The Morgan fingerprint density at radius 1 is 1.06 bits per heavy atom. The highest BCUT2D eigenvalue weighted by Crippen LogP contribution is 2.28. The van der Waals surface area contributed by atoms with Gasteiger partial charge in [-0.3, -0.25) is 9.59 Å². The van der Waals surface area contributed by atoms with E-state index in [1.54, 1.807) is 12.1 Å². The molecular formula is C25H31N3O4S. The van der Waals surface area contributed by atoms with Crippen molar-refractivity contribution in [2.45, 2.75) is 37.6 Å². The van der Waals surface area contributed by atoms with Gasteiger partial charge in [-0.1, -0.05) is 56.8 Å². The summed E-state index contributed by atoms with van der Waals surface area (Å²) in [6, 6.07) is 15.9. The molecule has 2 atom stereocenters. The molecule has 2 aromatic rings. The SMILES string of the molecule is C=CC(=O)NC1C(C)CN(S(=O)(=O)c2cccc(NC(=O)CCc3ccccc3)c2)CC1C. The molecule has 0 aliphatic carbocycles. The van der Waals surface area contributed by atoms with Crippen LogP contribution in [0.1, 0.15) is 25.8 Å². The maximum Gasteiger partial charge on any atom is 0.243 e. The van der Waals surface area contributed by atoms with E-state index in [4.69, 9.17) is 0 Å². The monoisotopic (exact) mass is 469 g/mol. The van der Waals surface area contributed by atoms with E-state index in [0.29, 0.717) is 31.6 Å². The first-order valence-corrected chi connectivity index (χ1v) is 12.5. The zero-order chi connectivity index (χ0) is 24.0. The van der Waals surface area contributed by atoms with E-state index in [1.165, 1.54) is 22.5 Å². The van der Waals surface area contributed by atoms with E-state index in [2.05, 4.69) is 17.2 Å². The van der Waals surface area contributed by atoms with Crippen molar-refractivity contribution >= 4 is 27.5 Å². The van der Waals surface area contributed by atoms with E-state index in [0.717, 1.165) is 5.56 Å². The second-order valence-electron chi connectivity index (χ2n) is 8.58. The van der Waals surface area contributed by atoms with Gasteiger partial charge in [0.05, 0.1) is 4.90 Å². The van der Waals surface area contributed by atoms with Crippen LogP contribution in [0, 0.1) is 11.8 Å². The van der Waals surface area contributed by atoms with Crippen LogP contribution in [0.15, 0.2) is 72.1 Å². The van der Waals surface area contributed by atoms with Crippen LogP contribution in [0.2, 0.25) is 0 Å². The van der Waals surface area contributed by atoms with Gasteiger partial charge in [0.25, 0.3) is 0 Å². The van der Waals surface area contributed by atoms with Crippen molar-refractivity contribution in [1.82, 2.24) is 9.62 Å². The van der Waals surface area contributed by atoms with Crippen LogP contribution in [-0.4, -0.2) is 43.7 Å². The molecule has 2 N–H and O–H groups in total. The van der Waals surface area contributed by atoms with Gasteiger partial charge in [0.2, 0.25) is 21.8 Å². The largest absolute Gasteiger partial charge is 0.349 e. The third-order valence-electron chi connectivity index (χ3n) is 5.94. The smallest absolute Gasteiger partial charge is 0.243 e. The molecular weight excluding hydrogens is 438 g/mol. The third-order valence-corrected chi connectivity index (χ3v) is 7.77. The minimum Gasteiger partial charge on any atom is -0.349 e. The van der Waals surface area contributed by atoms with E-state index >= 15 is 0 Å². The van der Waals surface area contributed by atoms with Crippen molar-refractivity contribution < 1.29 is 18.0 Å². The molecule has 1 fully saturated rings. The zero-order valence-electron chi connectivity index (χ0n) is 19.0. The lowest BCUT2D eigenvalue weighted by Gasteiger charge is -2.40. The molecule has 0 radical (unpaired) electrons. The Balaban J connectivity index is 1.66. The summed E-state index contributed by atoms with van der Waals surface area (Å²) in [6.45, 7) is 7.92. The molecule has 1 aliphatic rings. The number of carbonyl (C=O) groups is 2. The Labute approximate surface area is 195 Å². The maximum absolute atomic E-state index is 13.3. The molecule has 0 spiro atoms. The number of sulfonamides is 1. The number of hydrogen-bond donors (Lipinski definition) is 2. The first kappa shape index (κ1) is 24.7. The summed E-state index contributed by atoms with van der Waals surface area (Å²) in [5, 5.41) is 5.71. The lowest BCUT2D eigenvalue weighted by molar-refractivity contribution is -0.118. The number of aryl methyl sites for hydroxylation is 1. The van der Waals surface area contributed by atoms with E-state index in [1.807, 2.05) is 44.2 Å². The summed E-state index contributed by atoms with van der Waals surface area (Å²) in [4.78, 5) is 24.2. The second-order valence-corrected chi connectivity index (χ2v) is 10.5. The molecule has 0 bridgehead atoms. The van der Waals surface area contributed by atoms with Crippen molar-refractivity contribution in [3.8, 4) is 0 Å². The standard InChI is InChI=1S/C25H31N3O4S/c1-4-23(29)27-25-18(2)16-28(17-19(25)3)33(31,32)22-12-8-11-21(15-22)26-24(30)14-13-20-9-6-5-7-10-20/h4-12,15,18-19,25H,1,13-14,16-17H2,2-3H3,(H,26,30)(H,27,29). The molecule has 1 saturated heterocycles. The number of carbonyl (C=O) groups excluding carboxylic acids is 2. The topological polar surface area (TPSA) is 95.6 Å². The van der Waals surface area contributed by atoms with Gasteiger partial charge in [0, 0.05) is 31.2 Å². The first-order chi connectivity index (χ1) is 15.7. The Kier molecular flexibility index (Phi) is 8.05. The molecule has 0 saturated carbocycles. The second kappa shape index (κ2) is 10.8. The van der Waals surface area contributed by atoms with Crippen LogP contribution in [0.3, 0.4) is 0 Å². The normalized spacial score (nSPS) is 21.2. The van der Waals surface area contributed by atoms with Gasteiger partial charge < -0.3 is 10.6 Å². The van der Waals surface area contributed by atoms with Gasteiger partial charge in [-0.15, -0.1) is 0 Å². The Bertz CT molecular complexity index is 1090. The van der Waals surface area contributed by atoms with Crippen LogP contribution in [0.5, 0.6) is 0 Å². The van der Waals surface area contributed by atoms with Crippen molar-refractivity contribution in [3.63, 3.8) is 0 Å². The molecule has 1 heterocycles. The zero-order valence-corrected chi connectivity index (χ0v) is 19.8. The molecule has 1 aliphatic heterocycles. The van der Waals surface area contributed by atoms with E-state index in [-0.39, 0.29) is 34.6 Å². The fourth-order valence-electron chi connectivity index (χ4n) is 4.22. The third kappa shape index (κ3) is 6.30. The van der Waals surface area contributed by atoms with Crippen LogP contribution in [-0.2, 0) is 26.0 Å². The number of amides is 2. The van der Waals surface area contributed by atoms with Gasteiger partial charge >= 0.3 is 0 Å². The summed E-state index contributed by atoms with van der Waals surface area (Å²) in [7, 11) is -3.75. The molecule has 3 rings (SSSR count). The first-order valence-electron chi connectivity index (χ1n) is 11.1. The van der Waals surface area contributed by atoms with E-state index < -0.39 is 10.0 Å². The van der Waals surface area contributed by atoms with Crippen molar-refractivity contribution in [3.05, 3.63) is 72.8 Å². The maximum atomic E-state index is 13.3. The highest BCUT2D eigenvalue weighted by atomic mass is 32.2. The fraction of sp³-hybridized carbons (Fsp3) is 0.360. The van der Waals surface area contributed by atoms with Crippen molar-refractivity contribution in [2.24, 2.45) is 11.8 Å². The van der Waals surface area contributed by atoms with Crippen molar-refractivity contribution in [1.29, 1.82) is 0 Å². The van der Waals surface area contributed by atoms with Gasteiger partial charge in [-0.2, -0.15) is 4.31 Å². The molecule has 2 aromatic carbocycles. The van der Waals surface area contributed by atoms with Gasteiger partial charge in [0.15, 0.2) is 0 Å². The fourth-order valence-corrected chi connectivity index (χ4v) is 5.91. The van der Waals surface area contributed by atoms with Crippen LogP contribution in [0.4, 0.5) is 5.69 Å². The summed E-state index contributed by atoms with van der Waals surface area (Å²) in [5.41, 5.74) is 1.52. The summed E-state index contributed by atoms with van der Waals surface area (Å²) < 4.78 is 28.1. The average molecular weight is 470 g/mol. The van der Waals surface area contributed by atoms with Gasteiger partial charge in [-0.25, -0.2) is 8.42 Å². The van der Waals surface area contributed by atoms with Gasteiger partial charge in [-0.05, 0) is 48.1 Å². The summed E-state index contributed by atoms with van der Waals surface area (Å²) >= 11 is 0. The predicted octanol–water partition coefficient (Wildman–Crippen LogP) is 3.21. The Morgan fingerprint density at radius 2 is 1.73 bits per heavy atom. The number of piperidine rings is 1. The molecule has 7 nitrogen and oxygen atoms in total. The molecule has 8 heteroatoms. The molecule has 2 unspecified atom stereocenters. The number of hydrogen-bond acceptors (Lipinski definition) is 4. The number of nitrogens with one attached hydrogen (secondary N) is 2. The summed E-state index contributed by atoms with van der Waals surface area (Å²) in [6.07, 6.45) is 2.14. The minimum atomic E-state index is -3.75. The van der Waals surface area contributed by atoms with Crippen LogP contribution in [0.25, 0.3) is 0 Å². The lowest BCUT2D eigenvalue weighted by Crippen LogP contribution is -2.55. The van der Waals surface area contributed by atoms with E-state index in [9.17, 15) is 18.0 Å². The number of rotatable bonds is 8. The van der Waals surface area contributed by atoms with Crippen molar-refractivity contribution in [2.75, 3.05) is 18.4 Å². The Hall–Kier alpha value is -2.97. The molecule has 176 valence electrons. The predicted molar refractivity (Wildman–Crippen MR) is 129 cm³/mol. The summed E-state index contributed by atoms with van der Waals surface area (Å²) in [5.74, 6) is -0.554. The highest BCUT2D eigenvalue weighted by Gasteiger charge is 2.38. The number of anilines is 1. The highest BCUT2D eigenvalue weighted by molar-refractivity contribution is 7.89. The molecule has 2 amide bonds. The quantitative estimate of drug-likeness (QED) is 0.581. The van der Waals surface area contributed by atoms with Gasteiger partial charge in [0.1, 0.15) is 0 Å². The number of nitrogens with zero attached hydrogens (tertiary/aromatic N) is 1. The molecule has 0 aromatic heterocycles. The lowest BCUT2D eigenvalue weighted by atomic mass is 9.87. The average Bonchev–Trinajstić information content (AvgIpc) is 2.80. The Morgan fingerprint density at radius 3 is 2.36 bits per heavy atom.